The van der Waals surface area contributed by atoms with Crippen LogP contribution in [0.3, 0.4) is 0 Å². The number of ketones is 1. The summed E-state index contributed by atoms with van der Waals surface area (Å²) in [6.45, 7) is 0. The van der Waals surface area contributed by atoms with Gasteiger partial charge in [0.15, 0.2) is 5.50 Å². The van der Waals surface area contributed by atoms with Crippen LogP contribution < -0.4 is 0 Å². The summed E-state index contributed by atoms with van der Waals surface area (Å²) in [6.07, 6.45) is -0.300. The van der Waals surface area contributed by atoms with Crippen LogP contribution in [0.4, 0.5) is 8.78 Å². The predicted octanol–water partition coefficient (Wildman–Crippen LogP) is 4.88. The zero-order valence-corrected chi connectivity index (χ0v) is 12.4. The Morgan fingerprint density at radius 3 is 2.52 bits per heavy atom. The van der Waals surface area contributed by atoms with E-state index in [9.17, 15) is 9.18 Å². The van der Waals surface area contributed by atoms with E-state index in [0.29, 0.717) is 15.5 Å². The first-order valence-corrected chi connectivity index (χ1v) is 7.64. The van der Waals surface area contributed by atoms with E-state index in [1.54, 1.807) is 42.5 Å². The second-order valence-electron chi connectivity index (χ2n) is 4.92. The minimum Gasteiger partial charge on any atom is -0.290 e. The van der Waals surface area contributed by atoms with E-state index >= 15 is 4.39 Å². The first kappa shape index (κ1) is 14.5. The van der Waals surface area contributed by atoms with Crippen LogP contribution in [-0.4, -0.2) is 17.0 Å². The van der Waals surface area contributed by atoms with Gasteiger partial charge in [0.05, 0.1) is 0 Å². The van der Waals surface area contributed by atoms with Gasteiger partial charge in [-0.25, -0.2) is 8.78 Å². The Hall–Kier alpha value is -1.39. The van der Waals surface area contributed by atoms with Crippen molar-refractivity contribution in [3.63, 3.8) is 0 Å². The summed E-state index contributed by atoms with van der Waals surface area (Å²) in [5.41, 5.74) is -3.69. The Balaban J connectivity index is 1.96. The Morgan fingerprint density at radius 1 is 1.14 bits per heavy atom. The van der Waals surface area contributed by atoms with Crippen molar-refractivity contribution >= 4 is 29.1 Å². The fraction of sp³-hybridized carbons (Fsp3) is 0.188. The van der Waals surface area contributed by atoms with Gasteiger partial charge in [-0.05, 0) is 23.8 Å². The summed E-state index contributed by atoms with van der Waals surface area (Å²) in [5, 5.41) is 0.512. The largest absolute Gasteiger partial charge is 0.290 e. The Bertz CT molecular complexity index is 689. The summed E-state index contributed by atoms with van der Waals surface area (Å²) in [7, 11) is 0. The zero-order valence-electron chi connectivity index (χ0n) is 10.9. The highest BCUT2D eigenvalue weighted by Crippen LogP contribution is 2.45. The van der Waals surface area contributed by atoms with Gasteiger partial charge in [-0.2, -0.15) is 0 Å². The van der Waals surface area contributed by atoms with Crippen molar-refractivity contribution in [3.05, 3.63) is 64.7 Å². The molecule has 0 spiro atoms. The van der Waals surface area contributed by atoms with E-state index in [-0.39, 0.29) is 12.0 Å². The van der Waals surface area contributed by atoms with Crippen molar-refractivity contribution in [2.45, 2.75) is 22.5 Å². The molecule has 108 valence electrons. The molecule has 0 aliphatic carbocycles. The van der Waals surface area contributed by atoms with Crippen molar-refractivity contribution in [1.29, 1.82) is 0 Å². The molecule has 0 bridgehead atoms. The van der Waals surface area contributed by atoms with E-state index in [0.717, 1.165) is 11.8 Å². The van der Waals surface area contributed by atoms with Gasteiger partial charge < -0.3 is 0 Å². The van der Waals surface area contributed by atoms with Crippen molar-refractivity contribution in [2.75, 3.05) is 0 Å². The van der Waals surface area contributed by atoms with Crippen molar-refractivity contribution < 1.29 is 13.6 Å². The summed E-state index contributed by atoms with van der Waals surface area (Å²) in [6, 6.07) is 12.9. The average Bonchev–Trinajstić information content (AvgIpc) is 2.48. The number of thioether (sulfide) groups is 1. The summed E-state index contributed by atoms with van der Waals surface area (Å²) in [4.78, 5) is 12.9. The summed E-state index contributed by atoms with van der Waals surface area (Å²) >= 11 is 6.53. The van der Waals surface area contributed by atoms with Crippen LogP contribution >= 0.6 is 23.4 Å². The topological polar surface area (TPSA) is 17.1 Å². The highest BCUT2D eigenvalue weighted by Gasteiger charge is 2.51. The zero-order chi connectivity index (χ0) is 15.0. The number of Topliss-reactive ketones (excluding diaryl/α,β-unsaturated/α-hetero) is 1. The molecule has 1 heterocycles. The number of hydrogen-bond acceptors (Lipinski definition) is 2. The van der Waals surface area contributed by atoms with Crippen LogP contribution in [0.1, 0.15) is 15.9 Å². The second-order valence-corrected chi connectivity index (χ2v) is 6.45. The number of alkyl halides is 2. The lowest BCUT2D eigenvalue weighted by Gasteiger charge is -2.32. The van der Waals surface area contributed by atoms with Crippen LogP contribution in [0, 0.1) is 0 Å². The fourth-order valence-electron chi connectivity index (χ4n) is 2.35. The van der Waals surface area contributed by atoms with E-state index in [2.05, 4.69) is 0 Å². The number of rotatable bonds is 2. The standard InChI is InChI=1S/C16H11ClF2OS/c17-11-7-5-10(6-8-11)9-16(19)14(20)12-3-1-2-4-13(12)21-15(16)18/h1-8,15H,9H2. The van der Waals surface area contributed by atoms with Crippen LogP contribution in [0.25, 0.3) is 0 Å². The minimum atomic E-state index is -2.55. The van der Waals surface area contributed by atoms with Crippen LogP contribution in [0.2, 0.25) is 5.02 Å². The number of benzene rings is 2. The number of carbonyl (C=O) groups excluding carboxylic acids is 1. The average molecular weight is 325 g/mol. The summed E-state index contributed by atoms with van der Waals surface area (Å²) < 4.78 is 29.3. The van der Waals surface area contributed by atoms with Gasteiger partial charge in [-0.3, -0.25) is 4.79 Å². The molecule has 21 heavy (non-hydrogen) atoms. The highest BCUT2D eigenvalue weighted by atomic mass is 35.5. The van der Waals surface area contributed by atoms with Gasteiger partial charge in [-0.15, -0.1) is 0 Å². The van der Waals surface area contributed by atoms with Crippen LogP contribution in [0.5, 0.6) is 0 Å². The molecule has 0 saturated carbocycles. The first-order chi connectivity index (χ1) is 10.0. The Kier molecular flexibility index (Phi) is 3.76. The van der Waals surface area contributed by atoms with E-state index in [1.807, 2.05) is 0 Å². The molecule has 3 rings (SSSR count). The number of fused-ring (bicyclic) bond motifs is 1. The third-order valence-corrected chi connectivity index (χ3v) is 4.92. The van der Waals surface area contributed by atoms with Gasteiger partial charge in [0.1, 0.15) is 0 Å². The molecule has 0 N–H and O–H groups in total. The molecular weight excluding hydrogens is 314 g/mol. The molecule has 0 saturated heterocycles. The lowest BCUT2D eigenvalue weighted by atomic mass is 9.88. The molecule has 1 aliphatic rings. The van der Waals surface area contributed by atoms with E-state index in [1.165, 1.54) is 6.07 Å². The monoisotopic (exact) mass is 324 g/mol. The summed E-state index contributed by atoms with van der Waals surface area (Å²) in [5.74, 6) is -0.792. The third kappa shape index (κ3) is 2.58. The van der Waals surface area contributed by atoms with Crippen LogP contribution in [-0.2, 0) is 6.42 Å². The van der Waals surface area contributed by atoms with Crippen LogP contribution in [0.15, 0.2) is 53.4 Å². The molecule has 2 aromatic rings. The van der Waals surface area contributed by atoms with E-state index < -0.39 is 17.0 Å². The molecule has 0 amide bonds. The van der Waals surface area contributed by atoms with Crippen molar-refractivity contribution in [1.82, 2.24) is 0 Å². The number of carbonyl (C=O) groups is 1. The SMILES string of the molecule is O=C1c2ccccc2SC(F)C1(F)Cc1ccc(Cl)cc1. The van der Waals surface area contributed by atoms with Crippen molar-refractivity contribution in [3.8, 4) is 0 Å². The molecule has 0 fully saturated rings. The lowest BCUT2D eigenvalue weighted by molar-refractivity contribution is 0.0539. The van der Waals surface area contributed by atoms with Gasteiger partial charge in [0.25, 0.3) is 0 Å². The van der Waals surface area contributed by atoms with Gasteiger partial charge >= 0.3 is 0 Å². The molecule has 1 aliphatic heterocycles. The first-order valence-electron chi connectivity index (χ1n) is 6.38. The molecule has 5 heteroatoms. The lowest BCUT2D eigenvalue weighted by Crippen LogP contribution is -2.46. The molecule has 0 aromatic heterocycles. The molecule has 2 atom stereocenters. The molecular formula is C16H11ClF2OS. The quantitative estimate of drug-likeness (QED) is 0.783. The third-order valence-electron chi connectivity index (χ3n) is 3.47. The molecule has 1 nitrogen and oxygen atoms in total. The normalized spacial score (nSPS) is 24.7. The molecule has 2 aromatic carbocycles. The Labute approximate surface area is 130 Å². The smallest absolute Gasteiger partial charge is 0.217 e. The highest BCUT2D eigenvalue weighted by molar-refractivity contribution is 8.00. The Morgan fingerprint density at radius 2 is 1.81 bits per heavy atom. The maximum Gasteiger partial charge on any atom is 0.217 e. The molecule has 0 radical (unpaired) electrons. The maximum atomic E-state index is 15.0. The fourth-order valence-corrected chi connectivity index (χ4v) is 3.52. The predicted molar refractivity (Wildman–Crippen MR) is 80.5 cm³/mol. The van der Waals surface area contributed by atoms with Crippen molar-refractivity contribution in [2.24, 2.45) is 0 Å². The van der Waals surface area contributed by atoms with Gasteiger partial charge in [0.2, 0.25) is 11.5 Å². The molecule has 2 unspecified atom stereocenters. The number of hydrogen-bond donors (Lipinski definition) is 0. The minimum absolute atomic E-state index is 0.243. The van der Waals surface area contributed by atoms with Gasteiger partial charge in [0, 0.05) is 21.9 Å². The second kappa shape index (κ2) is 5.43. The number of halogens is 3. The van der Waals surface area contributed by atoms with Gasteiger partial charge in [-0.1, -0.05) is 53.7 Å². The maximum absolute atomic E-state index is 15.0. The van der Waals surface area contributed by atoms with E-state index in [4.69, 9.17) is 11.6 Å².